The van der Waals surface area contributed by atoms with Crippen LogP contribution in [0.2, 0.25) is 0 Å². The van der Waals surface area contributed by atoms with E-state index in [9.17, 15) is 5.11 Å². The van der Waals surface area contributed by atoms with E-state index in [-0.39, 0.29) is 0 Å². The molecule has 128 valence electrons. The van der Waals surface area contributed by atoms with Gasteiger partial charge in [-0.3, -0.25) is 4.90 Å². The quantitative estimate of drug-likeness (QED) is 0.667. The summed E-state index contributed by atoms with van der Waals surface area (Å²) in [5, 5.41) is 11.2. The molecule has 0 amide bonds. The zero-order valence-electron chi connectivity index (χ0n) is 14.5. The van der Waals surface area contributed by atoms with Crippen molar-refractivity contribution in [1.29, 1.82) is 0 Å². The molecule has 1 unspecified atom stereocenters. The van der Waals surface area contributed by atoms with Gasteiger partial charge in [0.2, 0.25) is 0 Å². The number of piperidine rings is 3. The lowest BCUT2D eigenvalue weighted by Gasteiger charge is -2.49. The van der Waals surface area contributed by atoms with Crippen LogP contribution in [0.5, 0.6) is 0 Å². The Morgan fingerprint density at radius 3 is 2.62 bits per heavy atom. The first-order valence-electron chi connectivity index (χ1n) is 8.82. The van der Waals surface area contributed by atoms with Gasteiger partial charge in [-0.15, -0.1) is 6.58 Å². The summed E-state index contributed by atoms with van der Waals surface area (Å²) in [5.41, 5.74) is -0.771. The second-order valence-corrected chi connectivity index (χ2v) is 6.95. The highest BCUT2D eigenvalue weighted by atomic mass is 16.5. The van der Waals surface area contributed by atoms with Gasteiger partial charge in [-0.2, -0.15) is 0 Å². The zero-order valence-corrected chi connectivity index (χ0v) is 14.5. The number of hydrogen-bond acceptors (Lipinski definition) is 3. The molecule has 0 radical (unpaired) electrons. The van der Waals surface area contributed by atoms with Gasteiger partial charge in [0.15, 0.2) is 5.60 Å². The third-order valence-electron chi connectivity index (χ3n) is 5.51. The van der Waals surface area contributed by atoms with E-state index in [1.165, 1.54) is 0 Å². The highest BCUT2D eigenvalue weighted by Gasteiger charge is 2.46. The van der Waals surface area contributed by atoms with E-state index in [0.29, 0.717) is 12.3 Å². The number of allylic oxidation sites excluding steroid dienone is 1. The lowest BCUT2D eigenvalue weighted by Crippen LogP contribution is -2.59. The molecule has 0 aliphatic carbocycles. The average molecular weight is 325 g/mol. The van der Waals surface area contributed by atoms with E-state index >= 15 is 0 Å². The Bertz CT molecular complexity index is 624. The molecular formula is C21H27NO2. The number of benzene rings is 1. The van der Waals surface area contributed by atoms with Crippen molar-refractivity contribution in [3.05, 3.63) is 48.6 Å². The van der Waals surface area contributed by atoms with Crippen LogP contribution in [0.25, 0.3) is 0 Å². The molecule has 3 heteroatoms. The van der Waals surface area contributed by atoms with E-state index in [1.807, 2.05) is 36.4 Å². The number of nitrogens with zero attached hydrogens (tertiary/aromatic N) is 1. The summed E-state index contributed by atoms with van der Waals surface area (Å²) in [5.74, 6) is 7.02. The summed E-state index contributed by atoms with van der Waals surface area (Å²) >= 11 is 0. The first kappa shape index (κ1) is 17.2. The van der Waals surface area contributed by atoms with Gasteiger partial charge >= 0.3 is 0 Å². The molecule has 0 saturated carbocycles. The maximum atomic E-state index is 11.2. The molecule has 1 aromatic carbocycles. The van der Waals surface area contributed by atoms with Crippen molar-refractivity contribution in [2.75, 3.05) is 26.7 Å². The van der Waals surface area contributed by atoms with Crippen LogP contribution >= 0.6 is 0 Å². The maximum absolute atomic E-state index is 11.2. The molecular weight excluding hydrogens is 298 g/mol. The Labute approximate surface area is 145 Å². The maximum Gasteiger partial charge on any atom is 0.151 e. The predicted molar refractivity (Wildman–Crippen MR) is 96.4 cm³/mol. The molecule has 2 bridgehead atoms. The van der Waals surface area contributed by atoms with E-state index in [1.54, 1.807) is 7.11 Å². The van der Waals surface area contributed by atoms with Crippen LogP contribution < -0.4 is 0 Å². The van der Waals surface area contributed by atoms with E-state index in [2.05, 4.69) is 23.3 Å². The van der Waals surface area contributed by atoms with Gasteiger partial charge in [0, 0.05) is 19.6 Å². The van der Waals surface area contributed by atoms with E-state index < -0.39 is 11.2 Å². The molecule has 4 rings (SSSR count). The van der Waals surface area contributed by atoms with E-state index in [4.69, 9.17) is 4.74 Å². The molecule has 1 N–H and O–H groups in total. The van der Waals surface area contributed by atoms with Gasteiger partial charge in [-0.25, -0.2) is 0 Å². The van der Waals surface area contributed by atoms with E-state index in [0.717, 1.165) is 44.5 Å². The molecule has 3 aliphatic heterocycles. The van der Waals surface area contributed by atoms with Crippen molar-refractivity contribution < 1.29 is 9.84 Å². The smallest absolute Gasteiger partial charge is 0.151 e. The molecule has 0 aromatic heterocycles. The Morgan fingerprint density at radius 1 is 1.38 bits per heavy atom. The monoisotopic (exact) mass is 325 g/mol. The predicted octanol–water partition coefficient (Wildman–Crippen LogP) is 2.95. The van der Waals surface area contributed by atoms with Gasteiger partial charge in [-0.05, 0) is 44.3 Å². The molecule has 1 aromatic rings. The first-order valence-corrected chi connectivity index (χ1v) is 8.82. The summed E-state index contributed by atoms with van der Waals surface area (Å²) < 4.78 is 5.90. The highest BCUT2D eigenvalue weighted by Crippen LogP contribution is 2.38. The number of hydrogen-bond donors (Lipinski definition) is 1. The van der Waals surface area contributed by atoms with Crippen LogP contribution in [0.15, 0.2) is 43.0 Å². The van der Waals surface area contributed by atoms with Crippen LogP contribution in [0, 0.1) is 17.8 Å². The number of fused-ring (bicyclic) bond motifs is 3. The second-order valence-electron chi connectivity index (χ2n) is 6.95. The van der Waals surface area contributed by atoms with Crippen LogP contribution in [0.1, 0.15) is 31.2 Å². The summed E-state index contributed by atoms with van der Waals surface area (Å²) in [7, 11) is 1.75. The molecule has 3 aliphatic rings. The largest absolute Gasteiger partial charge is 0.373 e. The third-order valence-corrected chi connectivity index (χ3v) is 5.51. The molecule has 3 fully saturated rings. The second kappa shape index (κ2) is 7.11. The lowest BCUT2D eigenvalue weighted by molar-refractivity contribution is -0.0965. The van der Waals surface area contributed by atoms with Crippen molar-refractivity contribution in [3.63, 3.8) is 0 Å². The van der Waals surface area contributed by atoms with Gasteiger partial charge < -0.3 is 9.84 Å². The summed E-state index contributed by atoms with van der Waals surface area (Å²) in [6, 6.07) is 9.71. The van der Waals surface area contributed by atoms with Gasteiger partial charge in [-0.1, -0.05) is 48.2 Å². The standard InChI is InChI=1S/C21H27NO2/c1-3-4-12-20(23,18-8-6-5-7-9-18)13-14-21(24-2)17-22-15-10-19(21)11-16-22/h3,5-9,19,23H,1,4,10-12,15-17H2,2H3/t20?,21-/m1/s1. The SMILES string of the molecule is C=CCCC(O)(C#C[C@@]1(OC)CN2CCC1CC2)c1ccccc1. The topological polar surface area (TPSA) is 32.7 Å². The number of ether oxygens (including phenoxy) is 1. The van der Waals surface area contributed by atoms with Gasteiger partial charge in [0.25, 0.3) is 0 Å². The van der Waals surface area contributed by atoms with Crippen LogP contribution in [-0.4, -0.2) is 42.4 Å². The number of methoxy groups -OCH3 is 1. The molecule has 2 atom stereocenters. The summed E-state index contributed by atoms with van der Waals surface area (Å²) in [4.78, 5) is 2.42. The normalized spacial score (nSPS) is 30.9. The fourth-order valence-electron chi connectivity index (χ4n) is 3.96. The van der Waals surface area contributed by atoms with Crippen molar-refractivity contribution in [2.45, 2.75) is 36.9 Å². The highest BCUT2D eigenvalue weighted by molar-refractivity contribution is 5.35. The Kier molecular flexibility index (Phi) is 5.10. The Balaban J connectivity index is 1.93. The van der Waals surface area contributed by atoms with Crippen molar-refractivity contribution in [3.8, 4) is 11.8 Å². The van der Waals surface area contributed by atoms with Gasteiger partial charge in [0.05, 0.1) is 0 Å². The van der Waals surface area contributed by atoms with Gasteiger partial charge in [0.1, 0.15) is 5.60 Å². The average Bonchev–Trinajstić information content (AvgIpc) is 2.66. The minimum absolute atomic E-state index is 0.451. The lowest BCUT2D eigenvalue weighted by atomic mass is 9.75. The van der Waals surface area contributed by atoms with Crippen LogP contribution in [-0.2, 0) is 10.3 Å². The van der Waals surface area contributed by atoms with Crippen molar-refractivity contribution >= 4 is 0 Å². The Morgan fingerprint density at radius 2 is 2.08 bits per heavy atom. The third kappa shape index (κ3) is 3.28. The fraction of sp³-hybridized carbons (Fsp3) is 0.524. The molecule has 24 heavy (non-hydrogen) atoms. The van der Waals surface area contributed by atoms with Crippen molar-refractivity contribution in [1.82, 2.24) is 4.90 Å². The summed E-state index contributed by atoms with van der Waals surface area (Å²) in [6.07, 6.45) is 5.34. The minimum Gasteiger partial charge on any atom is -0.373 e. The number of aliphatic hydroxyl groups is 1. The number of rotatable bonds is 5. The minimum atomic E-state index is -1.16. The Hall–Kier alpha value is -1.60. The summed E-state index contributed by atoms with van der Waals surface area (Å²) in [6.45, 7) is 6.89. The fourth-order valence-corrected chi connectivity index (χ4v) is 3.96. The van der Waals surface area contributed by atoms with Crippen LogP contribution in [0.4, 0.5) is 0 Å². The molecule has 3 saturated heterocycles. The first-order chi connectivity index (χ1) is 11.6. The molecule has 3 nitrogen and oxygen atoms in total. The van der Waals surface area contributed by atoms with Crippen molar-refractivity contribution in [2.24, 2.45) is 5.92 Å². The zero-order chi connectivity index (χ0) is 17.0. The van der Waals surface area contributed by atoms with Crippen LogP contribution in [0.3, 0.4) is 0 Å². The molecule has 3 heterocycles. The molecule has 0 spiro atoms.